The number of nitrogens with zero attached hydrogens (tertiary/aromatic N) is 5. The summed E-state index contributed by atoms with van der Waals surface area (Å²) < 4.78 is 60.3. The molecular weight excluding hydrogens is 382 g/mol. The van der Waals surface area contributed by atoms with Crippen molar-refractivity contribution in [2.24, 2.45) is 7.05 Å². The molecule has 0 unspecified atom stereocenters. The van der Waals surface area contributed by atoms with E-state index in [9.17, 15) is 16.8 Å². The average molecular weight is 403 g/mol. The Balaban J connectivity index is 1.83. The molecule has 12 heteroatoms. The topological polar surface area (TPSA) is 119 Å². The van der Waals surface area contributed by atoms with Crippen LogP contribution in [0.25, 0.3) is 0 Å². The van der Waals surface area contributed by atoms with Crippen molar-refractivity contribution >= 4 is 20.0 Å². The summed E-state index contributed by atoms with van der Waals surface area (Å²) in [6.07, 6.45) is 3.11. The second-order valence-corrected chi connectivity index (χ2v) is 9.98. The highest BCUT2D eigenvalue weighted by molar-refractivity contribution is 7.89. The van der Waals surface area contributed by atoms with Gasteiger partial charge < -0.3 is 4.52 Å². The highest BCUT2D eigenvalue weighted by atomic mass is 32.2. The van der Waals surface area contributed by atoms with Gasteiger partial charge in [-0.25, -0.2) is 16.8 Å². The lowest BCUT2D eigenvalue weighted by Gasteiger charge is -2.21. The van der Waals surface area contributed by atoms with Gasteiger partial charge in [-0.1, -0.05) is 5.16 Å². The smallest absolute Gasteiger partial charge is 0.248 e. The molecule has 144 valence electrons. The summed E-state index contributed by atoms with van der Waals surface area (Å²) >= 11 is 0. The second-order valence-electron chi connectivity index (χ2n) is 6.16. The van der Waals surface area contributed by atoms with Crippen LogP contribution in [0.1, 0.15) is 17.9 Å². The highest BCUT2D eigenvalue weighted by Gasteiger charge is 2.35. The first kappa shape index (κ1) is 19.0. The Hall–Kier alpha value is -1.76. The van der Waals surface area contributed by atoms with Gasteiger partial charge in [-0.3, -0.25) is 4.68 Å². The molecule has 1 aliphatic heterocycles. The van der Waals surface area contributed by atoms with Crippen molar-refractivity contribution < 1.29 is 21.4 Å². The molecule has 2 aromatic heterocycles. The third kappa shape index (κ3) is 3.29. The van der Waals surface area contributed by atoms with Gasteiger partial charge in [0.2, 0.25) is 20.0 Å². The molecule has 3 heterocycles. The minimum atomic E-state index is -3.79. The van der Waals surface area contributed by atoms with E-state index in [-0.39, 0.29) is 41.7 Å². The van der Waals surface area contributed by atoms with E-state index in [1.54, 1.807) is 20.9 Å². The van der Waals surface area contributed by atoms with Crippen LogP contribution < -0.4 is 0 Å². The first-order valence-electron chi connectivity index (χ1n) is 8.06. The van der Waals surface area contributed by atoms with Crippen molar-refractivity contribution in [1.29, 1.82) is 0 Å². The molecule has 0 amide bonds. The van der Waals surface area contributed by atoms with Gasteiger partial charge in [0.25, 0.3) is 0 Å². The summed E-state index contributed by atoms with van der Waals surface area (Å²) in [5, 5.41) is 7.60. The van der Waals surface area contributed by atoms with E-state index >= 15 is 0 Å². The standard InChI is InChI=1S/C14H21N5O5S2/c1-11-14(12(2)24-16-11)26(22,23)19-6-4-5-18(7-8-19)25(20,21)13-9-15-17(3)10-13/h9-10H,4-8H2,1-3H3. The molecule has 0 aromatic carbocycles. The first-order valence-corrected chi connectivity index (χ1v) is 10.9. The summed E-state index contributed by atoms with van der Waals surface area (Å²) in [7, 11) is -5.86. The van der Waals surface area contributed by atoms with E-state index in [1.165, 1.54) is 25.7 Å². The lowest BCUT2D eigenvalue weighted by molar-refractivity contribution is 0.387. The number of hydrogen-bond acceptors (Lipinski definition) is 7. The highest BCUT2D eigenvalue weighted by Crippen LogP contribution is 2.25. The van der Waals surface area contributed by atoms with Crippen LogP contribution >= 0.6 is 0 Å². The third-order valence-electron chi connectivity index (χ3n) is 4.30. The molecular formula is C14H21N5O5S2. The van der Waals surface area contributed by atoms with Crippen molar-refractivity contribution in [2.45, 2.75) is 30.1 Å². The molecule has 3 rings (SSSR count). The van der Waals surface area contributed by atoms with E-state index in [1.807, 2.05) is 0 Å². The van der Waals surface area contributed by atoms with Crippen molar-refractivity contribution in [2.75, 3.05) is 26.2 Å². The molecule has 0 aliphatic carbocycles. The first-order chi connectivity index (χ1) is 12.1. The zero-order valence-corrected chi connectivity index (χ0v) is 16.4. The Kier molecular flexibility index (Phi) is 4.94. The van der Waals surface area contributed by atoms with Crippen molar-refractivity contribution in [3.05, 3.63) is 23.8 Å². The van der Waals surface area contributed by atoms with E-state index < -0.39 is 20.0 Å². The van der Waals surface area contributed by atoms with Crippen LogP contribution in [0, 0.1) is 13.8 Å². The Morgan fingerprint density at radius 2 is 1.62 bits per heavy atom. The van der Waals surface area contributed by atoms with Crippen LogP contribution in [0.3, 0.4) is 0 Å². The molecule has 0 saturated carbocycles. The molecule has 1 aliphatic rings. The molecule has 10 nitrogen and oxygen atoms in total. The summed E-state index contributed by atoms with van der Waals surface area (Å²) in [5.74, 6) is 0.228. The normalized spacial score (nSPS) is 18.1. The van der Waals surface area contributed by atoms with Crippen molar-refractivity contribution in [3.63, 3.8) is 0 Å². The molecule has 26 heavy (non-hydrogen) atoms. The van der Waals surface area contributed by atoms with Crippen molar-refractivity contribution in [1.82, 2.24) is 23.5 Å². The number of rotatable bonds is 4. The van der Waals surface area contributed by atoms with Gasteiger partial charge in [-0.2, -0.15) is 13.7 Å². The summed E-state index contributed by atoms with van der Waals surface area (Å²) in [6, 6.07) is 0. The van der Waals surface area contributed by atoms with Gasteiger partial charge in [0.1, 0.15) is 15.5 Å². The quantitative estimate of drug-likeness (QED) is 0.711. The van der Waals surface area contributed by atoms with Gasteiger partial charge in [0.05, 0.1) is 6.20 Å². The Morgan fingerprint density at radius 1 is 1.00 bits per heavy atom. The maximum atomic E-state index is 12.9. The summed E-state index contributed by atoms with van der Waals surface area (Å²) in [5.41, 5.74) is 0.298. The number of aromatic nitrogens is 3. The van der Waals surface area contributed by atoms with Crippen LogP contribution in [-0.2, 0) is 27.1 Å². The number of sulfonamides is 2. The SMILES string of the molecule is Cc1noc(C)c1S(=O)(=O)N1CCCN(S(=O)(=O)c2cnn(C)c2)CC1. The van der Waals surface area contributed by atoms with Crippen LogP contribution in [-0.4, -0.2) is 66.6 Å². The van der Waals surface area contributed by atoms with Gasteiger partial charge in [0, 0.05) is 39.4 Å². The monoisotopic (exact) mass is 403 g/mol. The van der Waals surface area contributed by atoms with Crippen LogP contribution in [0.5, 0.6) is 0 Å². The minimum absolute atomic E-state index is 0.0565. The largest absolute Gasteiger partial charge is 0.360 e. The van der Waals surface area contributed by atoms with Crippen molar-refractivity contribution in [3.8, 4) is 0 Å². The third-order valence-corrected chi connectivity index (χ3v) is 8.29. The van der Waals surface area contributed by atoms with Gasteiger partial charge in [-0.15, -0.1) is 0 Å². The van der Waals surface area contributed by atoms with E-state index in [0.29, 0.717) is 12.1 Å². The Bertz CT molecular complexity index is 989. The maximum Gasteiger partial charge on any atom is 0.248 e. The fourth-order valence-corrected chi connectivity index (χ4v) is 6.22. The Morgan fingerprint density at radius 3 is 2.12 bits per heavy atom. The second kappa shape index (κ2) is 6.76. The number of aryl methyl sites for hydroxylation is 3. The zero-order chi connectivity index (χ0) is 19.1. The van der Waals surface area contributed by atoms with Crippen LogP contribution in [0.2, 0.25) is 0 Å². The molecule has 0 atom stereocenters. The predicted molar refractivity (Wildman–Crippen MR) is 91.3 cm³/mol. The van der Waals surface area contributed by atoms with E-state index in [4.69, 9.17) is 4.52 Å². The fourth-order valence-electron chi connectivity index (χ4n) is 3.00. The molecule has 0 radical (unpaired) electrons. The average Bonchev–Trinajstić information content (AvgIpc) is 3.04. The fraction of sp³-hybridized carbons (Fsp3) is 0.571. The molecule has 0 spiro atoms. The lowest BCUT2D eigenvalue weighted by Crippen LogP contribution is -2.37. The van der Waals surface area contributed by atoms with Gasteiger partial charge in [-0.05, 0) is 20.3 Å². The van der Waals surface area contributed by atoms with E-state index in [2.05, 4.69) is 10.3 Å². The molecule has 1 saturated heterocycles. The summed E-state index contributed by atoms with van der Waals surface area (Å²) in [4.78, 5) is 0.156. The molecule has 0 bridgehead atoms. The van der Waals surface area contributed by atoms with E-state index in [0.717, 1.165) is 0 Å². The molecule has 1 fully saturated rings. The number of hydrogen-bond donors (Lipinski definition) is 0. The molecule has 2 aromatic rings. The van der Waals surface area contributed by atoms with Crippen LogP contribution in [0.4, 0.5) is 0 Å². The lowest BCUT2D eigenvalue weighted by atomic mass is 10.4. The van der Waals surface area contributed by atoms with Gasteiger partial charge in [0.15, 0.2) is 5.76 Å². The maximum absolute atomic E-state index is 12.9. The minimum Gasteiger partial charge on any atom is -0.360 e. The predicted octanol–water partition coefficient (Wildman–Crippen LogP) is 0.110. The van der Waals surface area contributed by atoms with Crippen LogP contribution in [0.15, 0.2) is 26.7 Å². The molecule has 0 N–H and O–H groups in total. The van der Waals surface area contributed by atoms with Gasteiger partial charge >= 0.3 is 0 Å². The Labute approximate surface area is 152 Å². The zero-order valence-electron chi connectivity index (χ0n) is 14.8. The summed E-state index contributed by atoms with van der Waals surface area (Å²) in [6.45, 7) is 3.71.